The first-order chi connectivity index (χ1) is 16.5. The van der Waals surface area contributed by atoms with Crippen LogP contribution in [-0.2, 0) is 4.79 Å². The lowest BCUT2D eigenvalue weighted by molar-refractivity contribution is -0.116. The van der Waals surface area contributed by atoms with E-state index >= 15 is 0 Å². The van der Waals surface area contributed by atoms with Crippen molar-refractivity contribution < 1.29 is 9.59 Å². The molecule has 1 heterocycles. The Bertz CT molecular complexity index is 1270. The van der Waals surface area contributed by atoms with E-state index in [-0.39, 0.29) is 18.5 Å². The topological polar surface area (TPSA) is 79.3 Å². The number of aromatic nitrogens is 2. The van der Waals surface area contributed by atoms with Crippen molar-refractivity contribution in [2.75, 3.05) is 23.7 Å². The molecule has 0 saturated carbocycles. The molecule has 0 fully saturated rings. The minimum absolute atomic E-state index is 0.104. The van der Waals surface area contributed by atoms with Crippen molar-refractivity contribution in [1.82, 2.24) is 14.7 Å². The van der Waals surface area contributed by atoms with E-state index in [0.29, 0.717) is 18.1 Å². The largest absolute Gasteiger partial charge is 0.322 e. The second-order valence-electron chi connectivity index (χ2n) is 7.50. The van der Waals surface area contributed by atoms with Crippen LogP contribution < -0.4 is 10.6 Å². The van der Waals surface area contributed by atoms with E-state index in [0.717, 1.165) is 21.4 Å². The highest BCUT2D eigenvalue weighted by Gasteiger charge is 2.19. The van der Waals surface area contributed by atoms with Crippen LogP contribution in [0.2, 0.25) is 0 Å². The third-order valence-electron chi connectivity index (χ3n) is 5.17. The standard InChI is InChI=1S/C26H24BrN5O2/c1-2-31(26(34)28-22-16-10-9-15-21(22)27)18-25(33)29-24-17-23(19-11-5-3-6-12-19)30-32(24)20-13-7-4-8-14-20/h3-17H,2,18H2,1H3,(H,28,34)(H,29,33). The van der Waals surface area contributed by atoms with Gasteiger partial charge in [0.25, 0.3) is 0 Å². The van der Waals surface area contributed by atoms with Crippen molar-refractivity contribution in [3.8, 4) is 16.9 Å². The number of nitrogens with one attached hydrogen (secondary N) is 2. The predicted octanol–water partition coefficient (Wildman–Crippen LogP) is 5.79. The molecule has 0 aliphatic carbocycles. The molecular weight excluding hydrogens is 494 g/mol. The molecule has 34 heavy (non-hydrogen) atoms. The summed E-state index contributed by atoms with van der Waals surface area (Å²) in [6.07, 6.45) is 0. The summed E-state index contributed by atoms with van der Waals surface area (Å²) in [6, 6.07) is 28.1. The molecule has 0 saturated heterocycles. The van der Waals surface area contributed by atoms with Gasteiger partial charge in [-0.15, -0.1) is 0 Å². The summed E-state index contributed by atoms with van der Waals surface area (Å²) in [4.78, 5) is 27.2. The number of benzene rings is 3. The molecule has 172 valence electrons. The summed E-state index contributed by atoms with van der Waals surface area (Å²) in [7, 11) is 0. The Morgan fingerprint density at radius 2 is 1.56 bits per heavy atom. The summed E-state index contributed by atoms with van der Waals surface area (Å²) in [6.45, 7) is 2.10. The molecule has 4 aromatic rings. The van der Waals surface area contributed by atoms with Crippen LogP contribution in [0.4, 0.5) is 16.3 Å². The van der Waals surface area contributed by atoms with Crippen LogP contribution in [0.1, 0.15) is 6.92 Å². The van der Waals surface area contributed by atoms with E-state index in [4.69, 9.17) is 5.10 Å². The van der Waals surface area contributed by atoms with Gasteiger partial charge < -0.3 is 15.5 Å². The number of likely N-dealkylation sites (N-methyl/N-ethyl adjacent to an activating group) is 1. The fourth-order valence-electron chi connectivity index (χ4n) is 3.43. The highest BCUT2D eigenvalue weighted by Crippen LogP contribution is 2.25. The number of rotatable bonds is 7. The molecule has 8 heteroatoms. The van der Waals surface area contributed by atoms with Crippen molar-refractivity contribution in [3.05, 3.63) is 95.5 Å². The van der Waals surface area contributed by atoms with Crippen LogP contribution in [0.3, 0.4) is 0 Å². The first kappa shape index (κ1) is 23.3. The van der Waals surface area contributed by atoms with Crippen LogP contribution in [-0.4, -0.2) is 39.7 Å². The van der Waals surface area contributed by atoms with Crippen LogP contribution in [0, 0.1) is 0 Å². The van der Waals surface area contributed by atoms with Crippen molar-refractivity contribution in [2.24, 2.45) is 0 Å². The van der Waals surface area contributed by atoms with Crippen LogP contribution in [0.5, 0.6) is 0 Å². The number of hydrogen-bond acceptors (Lipinski definition) is 3. The van der Waals surface area contributed by atoms with Gasteiger partial charge in [-0.2, -0.15) is 5.10 Å². The smallest absolute Gasteiger partial charge is 0.315 e. The zero-order chi connectivity index (χ0) is 23.9. The molecule has 4 rings (SSSR count). The summed E-state index contributed by atoms with van der Waals surface area (Å²) in [5.74, 6) is 0.207. The van der Waals surface area contributed by atoms with Gasteiger partial charge >= 0.3 is 6.03 Å². The number of nitrogens with zero attached hydrogens (tertiary/aromatic N) is 3. The maximum atomic E-state index is 13.0. The van der Waals surface area contributed by atoms with E-state index in [1.165, 1.54) is 4.90 Å². The van der Waals surface area contributed by atoms with E-state index < -0.39 is 0 Å². The first-order valence-corrected chi connectivity index (χ1v) is 11.7. The second kappa shape index (κ2) is 10.8. The molecule has 1 aromatic heterocycles. The number of amides is 3. The van der Waals surface area contributed by atoms with Gasteiger partial charge in [0, 0.05) is 22.6 Å². The number of urea groups is 1. The molecule has 0 unspecified atom stereocenters. The molecule has 0 aliphatic rings. The van der Waals surface area contributed by atoms with Crippen LogP contribution in [0.25, 0.3) is 16.9 Å². The van der Waals surface area contributed by atoms with Crippen molar-refractivity contribution in [3.63, 3.8) is 0 Å². The summed E-state index contributed by atoms with van der Waals surface area (Å²) >= 11 is 3.42. The van der Waals surface area contributed by atoms with Crippen molar-refractivity contribution >= 4 is 39.4 Å². The number of carbonyl (C=O) groups is 2. The van der Waals surface area contributed by atoms with Gasteiger partial charge in [0.2, 0.25) is 5.91 Å². The first-order valence-electron chi connectivity index (χ1n) is 10.9. The number of halogens is 1. The highest BCUT2D eigenvalue weighted by molar-refractivity contribution is 9.10. The lowest BCUT2D eigenvalue weighted by Gasteiger charge is -2.21. The Labute approximate surface area is 206 Å². The number of hydrogen-bond donors (Lipinski definition) is 2. The van der Waals surface area contributed by atoms with E-state index in [1.807, 2.05) is 91.9 Å². The zero-order valence-electron chi connectivity index (χ0n) is 18.6. The monoisotopic (exact) mass is 517 g/mol. The molecule has 0 radical (unpaired) electrons. The maximum absolute atomic E-state index is 13.0. The van der Waals surface area contributed by atoms with E-state index in [2.05, 4.69) is 26.6 Å². The Balaban J connectivity index is 1.53. The van der Waals surface area contributed by atoms with Gasteiger partial charge in [-0.3, -0.25) is 4.79 Å². The Hall–Kier alpha value is -3.91. The minimum atomic E-state index is -0.355. The van der Waals surface area contributed by atoms with E-state index in [9.17, 15) is 9.59 Å². The zero-order valence-corrected chi connectivity index (χ0v) is 20.2. The summed E-state index contributed by atoms with van der Waals surface area (Å²) in [5.41, 5.74) is 3.13. The molecule has 2 N–H and O–H groups in total. The third kappa shape index (κ3) is 5.52. The summed E-state index contributed by atoms with van der Waals surface area (Å²) in [5, 5.41) is 10.5. The molecule has 0 bridgehead atoms. The predicted molar refractivity (Wildman–Crippen MR) is 138 cm³/mol. The fraction of sp³-hybridized carbons (Fsp3) is 0.115. The molecule has 7 nitrogen and oxygen atoms in total. The van der Waals surface area contributed by atoms with Gasteiger partial charge in [0.05, 0.1) is 17.1 Å². The molecule has 0 aliphatic heterocycles. The van der Waals surface area contributed by atoms with Gasteiger partial charge in [-0.25, -0.2) is 9.48 Å². The highest BCUT2D eigenvalue weighted by atomic mass is 79.9. The lowest BCUT2D eigenvalue weighted by Crippen LogP contribution is -2.40. The van der Waals surface area contributed by atoms with E-state index in [1.54, 1.807) is 10.7 Å². The third-order valence-corrected chi connectivity index (χ3v) is 5.86. The Morgan fingerprint density at radius 3 is 2.24 bits per heavy atom. The van der Waals surface area contributed by atoms with Crippen LogP contribution >= 0.6 is 15.9 Å². The van der Waals surface area contributed by atoms with Crippen LogP contribution in [0.15, 0.2) is 95.5 Å². The SMILES string of the molecule is CCN(CC(=O)Nc1cc(-c2ccccc2)nn1-c1ccccc1)C(=O)Nc1ccccc1Br. The average molecular weight is 518 g/mol. The normalized spacial score (nSPS) is 10.5. The minimum Gasteiger partial charge on any atom is -0.315 e. The average Bonchev–Trinajstić information content (AvgIpc) is 3.28. The number of carbonyl (C=O) groups excluding carboxylic acids is 2. The molecule has 3 amide bonds. The number of anilines is 2. The maximum Gasteiger partial charge on any atom is 0.322 e. The molecular formula is C26H24BrN5O2. The van der Waals surface area contributed by atoms with Gasteiger partial charge in [0.15, 0.2) is 0 Å². The molecule has 0 atom stereocenters. The Morgan fingerprint density at radius 1 is 0.912 bits per heavy atom. The van der Waals surface area contributed by atoms with Crippen molar-refractivity contribution in [2.45, 2.75) is 6.92 Å². The molecule has 0 spiro atoms. The second-order valence-corrected chi connectivity index (χ2v) is 8.35. The number of para-hydroxylation sites is 2. The van der Waals surface area contributed by atoms with Gasteiger partial charge in [-0.05, 0) is 47.1 Å². The van der Waals surface area contributed by atoms with Gasteiger partial charge in [0.1, 0.15) is 12.4 Å². The van der Waals surface area contributed by atoms with Gasteiger partial charge in [-0.1, -0.05) is 60.7 Å². The lowest BCUT2D eigenvalue weighted by atomic mass is 10.1. The van der Waals surface area contributed by atoms with Crippen molar-refractivity contribution in [1.29, 1.82) is 0 Å². The fourth-order valence-corrected chi connectivity index (χ4v) is 3.81. The Kier molecular flexibility index (Phi) is 7.39. The quantitative estimate of drug-likeness (QED) is 0.325. The molecule has 3 aromatic carbocycles. The summed E-state index contributed by atoms with van der Waals surface area (Å²) < 4.78 is 2.46.